The quantitative estimate of drug-likeness (QED) is 0.479. The highest BCUT2D eigenvalue weighted by molar-refractivity contribution is 9.09. The first-order valence-electron chi connectivity index (χ1n) is 9.73. The molecule has 2 heteroatoms. The Labute approximate surface area is 161 Å². The van der Waals surface area contributed by atoms with Crippen LogP contribution in [-0.2, 0) is 13.0 Å². The van der Waals surface area contributed by atoms with E-state index in [2.05, 4.69) is 82.4 Å². The molecule has 0 saturated heterocycles. The third-order valence-corrected chi connectivity index (χ3v) is 6.29. The van der Waals surface area contributed by atoms with Gasteiger partial charge in [0, 0.05) is 11.4 Å². The highest BCUT2D eigenvalue weighted by Gasteiger charge is 2.23. The number of nitrogens with zero attached hydrogens (tertiary/aromatic N) is 1. The zero-order chi connectivity index (χ0) is 17.5. The van der Waals surface area contributed by atoms with Crippen LogP contribution in [0.3, 0.4) is 0 Å². The fourth-order valence-corrected chi connectivity index (χ4v) is 4.60. The number of halogens is 1. The van der Waals surface area contributed by atoms with Gasteiger partial charge in [-0.3, -0.25) is 4.90 Å². The van der Waals surface area contributed by atoms with Crippen molar-refractivity contribution in [3.8, 4) is 0 Å². The molecule has 2 aromatic carbocycles. The Hall–Kier alpha value is -1.12. The summed E-state index contributed by atoms with van der Waals surface area (Å²) in [5.41, 5.74) is 4.42. The largest absolute Gasteiger partial charge is 0.299 e. The van der Waals surface area contributed by atoms with Crippen LogP contribution in [0.25, 0.3) is 0 Å². The molecular formula is C23H30BrN. The van der Waals surface area contributed by atoms with Gasteiger partial charge in [-0.1, -0.05) is 77.5 Å². The number of aryl methyl sites for hydroxylation is 1. The molecule has 2 atom stereocenters. The third kappa shape index (κ3) is 5.69. The molecular weight excluding hydrogens is 370 g/mol. The molecule has 2 unspecified atom stereocenters. The zero-order valence-corrected chi connectivity index (χ0v) is 16.9. The van der Waals surface area contributed by atoms with Crippen LogP contribution in [0.15, 0.2) is 54.6 Å². The minimum absolute atomic E-state index is 0.724. The molecule has 0 N–H and O–H groups in total. The van der Waals surface area contributed by atoms with Crippen molar-refractivity contribution in [2.45, 2.75) is 56.3 Å². The Bertz CT molecular complexity index is 622. The van der Waals surface area contributed by atoms with E-state index in [1.807, 2.05) is 0 Å². The van der Waals surface area contributed by atoms with Gasteiger partial charge in [-0.15, -0.1) is 0 Å². The second-order valence-electron chi connectivity index (χ2n) is 7.31. The second kappa shape index (κ2) is 9.54. The van der Waals surface area contributed by atoms with Crippen LogP contribution in [-0.4, -0.2) is 22.8 Å². The number of rotatable bonds is 8. The van der Waals surface area contributed by atoms with Gasteiger partial charge in [0.15, 0.2) is 0 Å². The van der Waals surface area contributed by atoms with Crippen molar-refractivity contribution in [1.82, 2.24) is 4.90 Å². The van der Waals surface area contributed by atoms with E-state index in [-0.39, 0.29) is 0 Å². The molecule has 25 heavy (non-hydrogen) atoms. The summed E-state index contributed by atoms with van der Waals surface area (Å²) >= 11 is 3.76. The summed E-state index contributed by atoms with van der Waals surface area (Å²) in [5, 5.41) is 0. The molecule has 1 saturated carbocycles. The fraction of sp³-hybridized carbons (Fsp3) is 0.478. The molecule has 2 aromatic rings. The number of benzene rings is 2. The van der Waals surface area contributed by atoms with Gasteiger partial charge < -0.3 is 0 Å². The summed E-state index contributed by atoms with van der Waals surface area (Å²) in [7, 11) is 0. The first kappa shape index (κ1) is 18.7. The monoisotopic (exact) mass is 399 g/mol. The van der Waals surface area contributed by atoms with E-state index in [0.29, 0.717) is 0 Å². The highest BCUT2D eigenvalue weighted by Crippen LogP contribution is 2.37. The fourth-order valence-electron chi connectivity index (χ4n) is 3.88. The maximum Gasteiger partial charge on any atom is 0.0233 e. The second-order valence-corrected chi connectivity index (χ2v) is 8.60. The van der Waals surface area contributed by atoms with Gasteiger partial charge in [-0.25, -0.2) is 0 Å². The van der Waals surface area contributed by atoms with E-state index in [4.69, 9.17) is 0 Å². The summed E-state index contributed by atoms with van der Waals surface area (Å²) in [6.45, 7) is 5.60. The minimum Gasteiger partial charge on any atom is -0.299 e. The molecule has 0 bridgehead atoms. The lowest BCUT2D eigenvalue weighted by atomic mass is 9.96. The van der Waals surface area contributed by atoms with Crippen LogP contribution in [0.2, 0.25) is 0 Å². The molecule has 1 nitrogen and oxygen atoms in total. The van der Waals surface area contributed by atoms with Gasteiger partial charge in [0.2, 0.25) is 0 Å². The average Bonchev–Trinajstić information content (AvgIpc) is 3.09. The molecule has 134 valence electrons. The summed E-state index contributed by atoms with van der Waals surface area (Å²) in [6, 6.07) is 20.2. The highest BCUT2D eigenvalue weighted by atomic mass is 79.9. The smallest absolute Gasteiger partial charge is 0.0233 e. The van der Waals surface area contributed by atoms with E-state index >= 15 is 0 Å². The van der Waals surface area contributed by atoms with Crippen molar-refractivity contribution in [2.75, 3.05) is 13.1 Å². The van der Waals surface area contributed by atoms with Crippen LogP contribution < -0.4 is 0 Å². The van der Waals surface area contributed by atoms with E-state index in [1.165, 1.54) is 55.3 Å². The Kier molecular flexibility index (Phi) is 7.12. The van der Waals surface area contributed by atoms with Crippen molar-refractivity contribution in [3.05, 3.63) is 71.3 Å². The van der Waals surface area contributed by atoms with E-state index in [9.17, 15) is 0 Å². The Morgan fingerprint density at radius 1 is 0.960 bits per heavy atom. The molecule has 1 aliphatic carbocycles. The molecule has 0 radical (unpaired) electrons. The molecule has 0 aromatic heterocycles. The molecule has 1 fully saturated rings. The standard InChI is InChI=1S/C23H30BrN/c1-2-25(18-20-7-4-3-5-8-20)16-6-9-19-10-12-21(13-11-19)22-14-15-23(24)17-22/h3-5,7-8,10-13,22-23H,2,6,9,14-18H2,1H3. The van der Waals surface area contributed by atoms with Crippen molar-refractivity contribution in [2.24, 2.45) is 0 Å². The van der Waals surface area contributed by atoms with Gasteiger partial charge in [-0.05, 0) is 67.8 Å². The van der Waals surface area contributed by atoms with Crippen molar-refractivity contribution >= 4 is 15.9 Å². The lowest BCUT2D eigenvalue weighted by Crippen LogP contribution is -2.24. The predicted octanol–water partition coefficient (Wildman–Crippen LogP) is 6.17. The minimum atomic E-state index is 0.724. The van der Waals surface area contributed by atoms with Crippen LogP contribution in [0.4, 0.5) is 0 Å². The van der Waals surface area contributed by atoms with Gasteiger partial charge in [0.05, 0.1) is 0 Å². The van der Waals surface area contributed by atoms with Gasteiger partial charge in [0.1, 0.15) is 0 Å². The van der Waals surface area contributed by atoms with Crippen LogP contribution in [0.1, 0.15) is 55.2 Å². The first-order valence-corrected chi connectivity index (χ1v) is 10.7. The Morgan fingerprint density at radius 2 is 1.72 bits per heavy atom. The topological polar surface area (TPSA) is 3.24 Å². The number of hydrogen-bond donors (Lipinski definition) is 0. The molecule has 0 aliphatic heterocycles. The van der Waals surface area contributed by atoms with Crippen molar-refractivity contribution in [3.63, 3.8) is 0 Å². The molecule has 1 aliphatic rings. The first-order chi connectivity index (χ1) is 12.2. The lowest BCUT2D eigenvalue weighted by Gasteiger charge is -2.20. The summed E-state index contributed by atoms with van der Waals surface area (Å²) in [5.74, 6) is 0.764. The number of hydrogen-bond acceptors (Lipinski definition) is 1. The van der Waals surface area contributed by atoms with Crippen LogP contribution in [0.5, 0.6) is 0 Å². The number of alkyl halides is 1. The Balaban J connectivity index is 1.44. The van der Waals surface area contributed by atoms with E-state index in [0.717, 1.165) is 23.8 Å². The third-order valence-electron chi connectivity index (χ3n) is 5.46. The molecule has 0 spiro atoms. The van der Waals surface area contributed by atoms with Crippen LogP contribution in [0, 0.1) is 0 Å². The maximum absolute atomic E-state index is 3.76. The lowest BCUT2D eigenvalue weighted by molar-refractivity contribution is 0.276. The SMILES string of the molecule is CCN(CCCc1ccc(C2CCC(Br)C2)cc1)Cc1ccccc1. The average molecular weight is 400 g/mol. The Morgan fingerprint density at radius 3 is 2.36 bits per heavy atom. The van der Waals surface area contributed by atoms with Crippen molar-refractivity contribution < 1.29 is 0 Å². The zero-order valence-electron chi connectivity index (χ0n) is 15.3. The molecule has 3 rings (SSSR count). The maximum atomic E-state index is 3.76. The molecule has 0 amide bonds. The summed E-state index contributed by atoms with van der Waals surface area (Å²) in [4.78, 5) is 3.26. The van der Waals surface area contributed by atoms with Crippen molar-refractivity contribution in [1.29, 1.82) is 0 Å². The normalized spacial score (nSPS) is 20.3. The summed E-state index contributed by atoms with van der Waals surface area (Å²) in [6.07, 6.45) is 6.36. The van der Waals surface area contributed by atoms with Gasteiger partial charge in [-0.2, -0.15) is 0 Å². The predicted molar refractivity (Wildman–Crippen MR) is 111 cm³/mol. The van der Waals surface area contributed by atoms with Crippen LogP contribution >= 0.6 is 15.9 Å². The van der Waals surface area contributed by atoms with E-state index < -0.39 is 0 Å². The van der Waals surface area contributed by atoms with E-state index in [1.54, 1.807) is 0 Å². The van der Waals surface area contributed by atoms with Gasteiger partial charge >= 0.3 is 0 Å². The van der Waals surface area contributed by atoms with Gasteiger partial charge in [0.25, 0.3) is 0 Å². The summed E-state index contributed by atoms with van der Waals surface area (Å²) < 4.78 is 0. The molecule has 0 heterocycles.